The Morgan fingerprint density at radius 3 is 2.69 bits per heavy atom. The largest absolute Gasteiger partial charge is 0.338 e. The highest BCUT2D eigenvalue weighted by Gasteiger charge is 2.11. The molecule has 0 saturated heterocycles. The summed E-state index contributed by atoms with van der Waals surface area (Å²) in [7, 11) is 0. The van der Waals surface area contributed by atoms with Crippen LogP contribution < -0.4 is 10.6 Å². The number of urea groups is 1. The second kappa shape index (κ2) is 5.43. The summed E-state index contributed by atoms with van der Waals surface area (Å²) in [5, 5.41) is 18.8. The normalized spacial score (nSPS) is 11.2. The van der Waals surface area contributed by atoms with Crippen molar-refractivity contribution in [2.45, 2.75) is 27.2 Å². The minimum atomic E-state index is -0.168. The van der Waals surface area contributed by atoms with Crippen LogP contribution in [0.2, 0.25) is 0 Å². The minimum absolute atomic E-state index is 0.0883. The Labute approximate surface area is 94.4 Å². The molecule has 0 saturated carbocycles. The monoisotopic (exact) mass is 226 g/mol. The van der Waals surface area contributed by atoms with Crippen molar-refractivity contribution >= 4 is 6.03 Å². The van der Waals surface area contributed by atoms with Crippen LogP contribution in [-0.2, 0) is 6.42 Å². The van der Waals surface area contributed by atoms with E-state index in [2.05, 4.69) is 52.0 Å². The van der Waals surface area contributed by atoms with Gasteiger partial charge in [-0.1, -0.05) is 26.0 Å². The number of H-pyrrole nitrogens is 1. The first-order valence-electron chi connectivity index (χ1n) is 5.21. The molecule has 7 heteroatoms. The van der Waals surface area contributed by atoms with Crippen LogP contribution in [0.5, 0.6) is 0 Å². The third-order valence-corrected chi connectivity index (χ3v) is 1.80. The first kappa shape index (κ1) is 12.4. The molecule has 16 heavy (non-hydrogen) atoms. The lowest BCUT2D eigenvalue weighted by Gasteiger charge is -2.18. The summed E-state index contributed by atoms with van der Waals surface area (Å²) in [6.45, 7) is 7.32. The van der Waals surface area contributed by atoms with Crippen LogP contribution in [0.15, 0.2) is 0 Å². The molecule has 2 amide bonds. The van der Waals surface area contributed by atoms with Gasteiger partial charge in [-0.15, -0.1) is 10.2 Å². The third kappa shape index (κ3) is 5.28. The molecule has 3 N–H and O–H groups in total. The molecule has 7 nitrogen and oxygen atoms in total. The summed E-state index contributed by atoms with van der Waals surface area (Å²) >= 11 is 0. The molecule has 0 bridgehead atoms. The van der Waals surface area contributed by atoms with Gasteiger partial charge < -0.3 is 10.6 Å². The first-order valence-corrected chi connectivity index (χ1v) is 5.21. The fraction of sp³-hybridized carbons (Fsp3) is 0.778. The summed E-state index contributed by atoms with van der Waals surface area (Å²) in [5.74, 6) is 0.594. The van der Waals surface area contributed by atoms with E-state index in [0.29, 0.717) is 25.3 Å². The Bertz CT molecular complexity index is 315. The van der Waals surface area contributed by atoms with Gasteiger partial charge in [0.2, 0.25) is 0 Å². The van der Waals surface area contributed by atoms with Crippen molar-refractivity contribution in [3.05, 3.63) is 5.82 Å². The molecule has 0 aliphatic heterocycles. The molecule has 1 rings (SSSR count). The molecule has 1 heterocycles. The van der Waals surface area contributed by atoms with Crippen LogP contribution in [0.3, 0.4) is 0 Å². The number of hydrogen-bond acceptors (Lipinski definition) is 4. The molecule has 0 aliphatic rings. The molecule has 0 atom stereocenters. The Hall–Kier alpha value is -1.66. The van der Waals surface area contributed by atoms with Crippen LogP contribution in [0, 0.1) is 5.41 Å². The maximum absolute atomic E-state index is 11.3. The average molecular weight is 226 g/mol. The van der Waals surface area contributed by atoms with Crippen molar-refractivity contribution in [1.29, 1.82) is 0 Å². The van der Waals surface area contributed by atoms with Gasteiger partial charge in [-0.2, -0.15) is 5.21 Å². The summed E-state index contributed by atoms with van der Waals surface area (Å²) in [6.07, 6.45) is 0.569. The molecule has 0 aromatic carbocycles. The number of nitrogens with zero attached hydrogens (tertiary/aromatic N) is 3. The standard InChI is InChI=1S/C9H18N6O/c1-9(2,3)6-11-8(16)10-5-4-7-12-14-15-13-7/h4-6H2,1-3H3,(H2,10,11,16)(H,12,13,14,15). The van der Waals surface area contributed by atoms with Gasteiger partial charge in [0.25, 0.3) is 0 Å². The topological polar surface area (TPSA) is 95.6 Å². The van der Waals surface area contributed by atoms with E-state index < -0.39 is 0 Å². The van der Waals surface area contributed by atoms with Crippen molar-refractivity contribution < 1.29 is 4.79 Å². The molecular formula is C9H18N6O. The van der Waals surface area contributed by atoms with Gasteiger partial charge in [-0.25, -0.2) is 4.79 Å². The highest BCUT2D eigenvalue weighted by molar-refractivity contribution is 5.73. The molecule has 0 unspecified atom stereocenters. The van der Waals surface area contributed by atoms with Gasteiger partial charge in [-0.3, -0.25) is 0 Å². The molecule has 0 fully saturated rings. The molecular weight excluding hydrogens is 208 g/mol. The Morgan fingerprint density at radius 1 is 1.38 bits per heavy atom. The summed E-state index contributed by atoms with van der Waals surface area (Å²) in [4.78, 5) is 11.3. The number of hydrogen-bond donors (Lipinski definition) is 3. The van der Waals surface area contributed by atoms with Crippen molar-refractivity contribution in [2.24, 2.45) is 5.41 Å². The highest BCUT2D eigenvalue weighted by Crippen LogP contribution is 2.09. The average Bonchev–Trinajstić information content (AvgIpc) is 2.66. The number of rotatable bonds is 4. The zero-order valence-electron chi connectivity index (χ0n) is 9.87. The van der Waals surface area contributed by atoms with Crippen molar-refractivity contribution in [3.63, 3.8) is 0 Å². The van der Waals surface area contributed by atoms with Crippen LogP contribution in [0.25, 0.3) is 0 Å². The predicted molar refractivity (Wildman–Crippen MR) is 58.7 cm³/mol. The Morgan fingerprint density at radius 2 is 2.12 bits per heavy atom. The number of carbonyl (C=O) groups is 1. The Kier molecular flexibility index (Phi) is 4.21. The lowest BCUT2D eigenvalue weighted by atomic mass is 9.97. The van der Waals surface area contributed by atoms with Crippen LogP contribution >= 0.6 is 0 Å². The van der Waals surface area contributed by atoms with Gasteiger partial charge in [0, 0.05) is 19.5 Å². The summed E-state index contributed by atoms with van der Waals surface area (Å²) in [6, 6.07) is -0.168. The van der Waals surface area contributed by atoms with Gasteiger partial charge in [0.1, 0.15) is 0 Å². The second-order valence-corrected chi connectivity index (χ2v) is 4.75. The zero-order chi connectivity index (χ0) is 12.0. The number of aromatic amines is 1. The molecule has 90 valence electrons. The van der Waals surface area contributed by atoms with Crippen LogP contribution in [0.4, 0.5) is 4.79 Å². The van der Waals surface area contributed by atoms with Gasteiger partial charge >= 0.3 is 6.03 Å². The van der Waals surface area contributed by atoms with E-state index >= 15 is 0 Å². The number of nitrogens with one attached hydrogen (secondary N) is 3. The Balaban J connectivity index is 2.11. The van der Waals surface area contributed by atoms with E-state index in [1.807, 2.05) is 0 Å². The third-order valence-electron chi connectivity index (χ3n) is 1.80. The fourth-order valence-electron chi connectivity index (χ4n) is 0.984. The quantitative estimate of drug-likeness (QED) is 0.678. The molecule has 0 radical (unpaired) electrons. The first-order chi connectivity index (χ1) is 7.47. The molecule has 0 spiro atoms. The maximum Gasteiger partial charge on any atom is 0.314 e. The number of tetrazole rings is 1. The summed E-state index contributed by atoms with van der Waals surface area (Å²) in [5.41, 5.74) is 0.0883. The lowest BCUT2D eigenvalue weighted by Crippen LogP contribution is -2.40. The van der Waals surface area contributed by atoms with E-state index in [1.165, 1.54) is 0 Å². The molecule has 0 aliphatic carbocycles. The smallest absolute Gasteiger partial charge is 0.314 e. The van der Waals surface area contributed by atoms with E-state index in [4.69, 9.17) is 0 Å². The predicted octanol–water partition coefficient (Wildman–Crippen LogP) is 0.0875. The van der Waals surface area contributed by atoms with E-state index in [1.54, 1.807) is 0 Å². The van der Waals surface area contributed by atoms with E-state index in [-0.39, 0.29) is 11.4 Å². The minimum Gasteiger partial charge on any atom is -0.338 e. The number of amides is 2. The van der Waals surface area contributed by atoms with E-state index in [0.717, 1.165) is 0 Å². The van der Waals surface area contributed by atoms with Crippen molar-refractivity contribution in [1.82, 2.24) is 31.3 Å². The lowest BCUT2D eigenvalue weighted by molar-refractivity contribution is 0.235. The maximum atomic E-state index is 11.3. The van der Waals surface area contributed by atoms with E-state index in [9.17, 15) is 4.79 Å². The summed E-state index contributed by atoms with van der Waals surface area (Å²) < 4.78 is 0. The zero-order valence-corrected chi connectivity index (χ0v) is 9.87. The van der Waals surface area contributed by atoms with Crippen LogP contribution in [-0.4, -0.2) is 39.7 Å². The fourth-order valence-corrected chi connectivity index (χ4v) is 0.984. The van der Waals surface area contributed by atoms with Crippen LogP contribution in [0.1, 0.15) is 26.6 Å². The van der Waals surface area contributed by atoms with Gasteiger partial charge in [0.15, 0.2) is 5.82 Å². The highest BCUT2D eigenvalue weighted by atomic mass is 16.2. The molecule has 1 aromatic heterocycles. The van der Waals surface area contributed by atoms with Crippen molar-refractivity contribution in [3.8, 4) is 0 Å². The second-order valence-electron chi connectivity index (χ2n) is 4.75. The van der Waals surface area contributed by atoms with Crippen molar-refractivity contribution in [2.75, 3.05) is 13.1 Å². The number of carbonyl (C=O) groups excluding carboxylic acids is 1. The molecule has 1 aromatic rings. The van der Waals surface area contributed by atoms with Gasteiger partial charge in [-0.05, 0) is 5.41 Å². The SMILES string of the molecule is CC(C)(C)CNC(=O)NCCc1nn[nH]n1. The number of aromatic nitrogens is 4. The van der Waals surface area contributed by atoms with Gasteiger partial charge in [0.05, 0.1) is 0 Å².